The standard InChI is InChI=1S/C20H22BrN3O5S/c1-23-15(12-13-8-5-4-6-9-13)19(25)24(2)16(20(23)26)17(30(27,28)29-3)14-10-7-11-22-18(14)21/h4-11,15-17H,12H2,1-3H3. The van der Waals surface area contributed by atoms with E-state index >= 15 is 0 Å². The molecule has 2 amide bonds. The van der Waals surface area contributed by atoms with Crippen molar-refractivity contribution in [2.45, 2.75) is 23.8 Å². The Morgan fingerprint density at radius 2 is 1.73 bits per heavy atom. The van der Waals surface area contributed by atoms with Gasteiger partial charge in [-0.25, -0.2) is 4.98 Å². The Labute approximate surface area is 184 Å². The third-order valence-electron chi connectivity index (χ3n) is 5.31. The normalized spacial score (nSPS) is 21.1. The van der Waals surface area contributed by atoms with E-state index in [2.05, 4.69) is 20.9 Å². The number of piperazine rings is 1. The van der Waals surface area contributed by atoms with Crippen LogP contribution in [0.5, 0.6) is 0 Å². The lowest BCUT2D eigenvalue weighted by molar-refractivity contribution is -0.158. The van der Waals surface area contributed by atoms with Crippen LogP contribution in [0.3, 0.4) is 0 Å². The number of halogens is 1. The van der Waals surface area contributed by atoms with Gasteiger partial charge in [0.25, 0.3) is 10.1 Å². The Morgan fingerprint density at radius 3 is 2.33 bits per heavy atom. The van der Waals surface area contributed by atoms with E-state index in [9.17, 15) is 18.0 Å². The molecule has 10 heteroatoms. The van der Waals surface area contributed by atoms with E-state index < -0.39 is 33.4 Å². The fourth-order valence-electron chi connectivity index (χ4n) is 3.66. The Bertz CT molecular complexity index is 1050. The molecule has 0 radical (unpaired) electrons. The van der Waals surface area contributed by atoms with Crippen LogP contribution in [-0.2, 0) is 30.3 Å². The molecule has 0 spiro atoms. The van der Waals surface area contributed by atoms with Crippen molar-refractivity contribution in [2.24, 2.45) is 0 Å². The van der Waals surface area contributed by atoms with Gasteiger partial charge in [0.2, 0.25) is 11.8 Å². The summed E-state index contributed by atoms with van der Waals surface area (Å²) in [6.45, 7) is 0. The molecule has 160 valence electrons. The van der Waals surface area contributed by atoms with Crippen LogP contribution in [0.2, 0.25) is 0 Å². The number of pyridine rings is 1. The number of hydrogen-bond acceptors (Lipinski definition) is 6. The van der Waals surface area contributed by atoms with E-state index in [1.165, 1.54) is 30.1 Å². The van der Waals surface area contributed by atoms with Gasteiger partial charge in [0.15, 0.2) is 0 Å². The predicted molar refractivity (Wildman–Crippen MR) is 114 cm³/mol. The number of amides is 2. The molecule has 1 fully saturated rings. The van der Waals surface area contributed by atoms with Crippen LogP contribution >= 0.6 is 15.9 Å². The minimum absolute atomic E-state index is 0.243. The quantitative estimate of drug-likeness (QED) is 0.447. The average molecular weight is 496 g/mol. The third kappa shape index (κ3) is 4.12. The lowest BCUT2D eigenvalue weighted by Gasteiger charge is -2.44. The van der Waals surface area contributed by atoms with Gasteiger partial charge in [0.05, 0.1) is 7.11 Å². The summed E-state index contributed by atoms with van der Waals surface area (Å²) in [6, 6.07) is 10.4. The maximum atomic E-state index is 13.3. The fraction of sp³-hybridized carbons (Fsp3) is 0.350. The Hall–Kier alpha value is -2.30. The second-order valence-corrected chi connectivity index (χ2v) is 9.59. The van der Waals surface area contributed by atoms with Crippen molar-refractivity contribution in [1.82, 2.24) is 14.8 Å². The van der Waals surface area contributed by atoms with Crippen molar-refractivity contribution in [2.75, 3.05) is 21.2 Å². The summed E-state index contributed by atoms with van der Waals surface area (Å²) in [4.78, 5) is 33.1. The molecule has 30 heavy (non-hydrogen) atoms. The largest absolute Gasteiger partial charge is 0.332 e. The van der Waals surface area contributed by atoms with E-state index in [1.54, 1.807) is 12.1 Å². The van der Waals surface area contributed by atoms with Gasteiger partial charge < -0.3 is 9.80 Å². The summed E-state index contributed by atoms with van der Waals surface area (Å²) in [6.07, 6.45) is 1.82. The molecule has 1 aliphatic heterocycles. The summed E-state index contributed by atoms with van der Waals surface area (Å²) in [5, 5.41) is -1.44. The van der Waals surface area contributed by atoms with E-state index in [4.69, 9.17) is 4.18 Å². The van der Waals surface area contributed by atoms with Gasteiger partial charge in [-0.15, -0.1) is 0 Å². The molecule has 1 saturated heterocycles. The highest BCUT2D eigenvalue weighted by Crippen LogP contribution is 2.36. The molecule has 3 unspecified atom stereocenters. The van der Waals surface area contributed by atoms with Crippen molar-refractivity contribution in [3.05, 3.63) is 64.4 Å². The van der Waals surface area contributed by atoms with E-state index in [-0.39, 0.29) is 16.1 Å². The predicted octanol–water partition coefficient (Wildman–Crippen LogP) is 1.77. The number of aromatic nitrogens is 1. The fourth-order valence-corrected chi connectivity index (χ4v) is 5.63. The van der Waals surface area contributed by atoms with Crippen molar-refractivity contribution in [3.8, 4) is 0 Å². The first-order valence-corrected chi connectivity index (χ1v) is 11.4. The summed E-state index contributed by atoms with van der Waals surface area (Å²) in [5.41, 5.74) is 1.14. The number of likely N-dealkylation sites (N-methyl/N-ethyl adjacent to an activating group) is 2. The molecule has 2 aromatic rings. The van der Waals surface area contributed by atoms with Gasteiger partial charge in [-0.3, -0.25) is 13.8 Å². The molecule has 3 atom stereocenters. The monoisotopic (exact) mass is 495 g/mol. The van der Waals surface area contributed by atoms with E-state index in [0.717, 1.165) is 12.7 Å². The first kappa shape index (κ1) is 22.4. The van der Waals surface area contributed by atoms with Crippen molar-refractivity contribution in [1.29, 1.82) is 0 Å². The first-order chi connectivity index (χ1) is 14.2. The second-order valence-electron chi connectivity index (χ2n) is 7.01. The maximum absolute atomic E-state index is 13.3. The van der Waals surface area contributed by atoms with Gasteiger partial charge in [-0.2, -0.15) is 8.42 Å². The maximum Gasteiger partial charge on any atom is 0.276 e. The Balaban J connectivity index is 2.03. The minimum Gasteiger partial charge on any atom is -0.332 e. The van der Waals surface area contributed by atoms with Crippen LogP contribution in [0.1, 0.15) is 16.4 Å². The summed E-state index contributed by atoms with van der Waals surface area (Å²) in [5.74, 6) is -0.832. The molecule has 0 bridgehead atoms. The average Bonchev–Trinajstić information content (AvgIpc) is 2.74. The molecule has 1 aromatic carbocycles. The molecule has 2 heterocycles. The molecule has 0 aliphatic carbocycles. The van der Waals surface area contributed by atoms with Gasteiger partial charge in [-0.05, 0) is 27.6 Å². The zero-order valence-corrected chi connectivity index (χ0v) is 19.1. The highest BCUT2D eigenvalue weighted by Gasteiger charge is 2.51. The lowest BCUT2D eigenvalue weighted by Crippen LogP contribution is -2.65. The van der Waals surface area contributed by atoms with Crippen LogP contribution in [-0.4, -0.2) is 68.3 Å². The molecular weight excluding hydrogens is 474 g/mol. The lowest BCUT2D eigenvalue weighted by atomic mass is 9.95. The van der Waals surface area contributed by atoms with Crippen molar-refractivity contribution >= 4 is 37.9 Å². The summed E-state index contributed by atoms with van der Waals surface area (Å²) < 4.78 is 30.7. The molecule has 0 N–H and O–H groups in total. The van der Waals surface area contributed by atoms with Crippen LogP contribution < -0.4 is 0 Å². The number of hydrogen-bond donors (Lipinski definition) is 0. The van der Waals surface area contributed by atoms with Crippen molar-refractivity contribution in [3.63, 3.8) is 0 Å². The first-order valence-electron chi connectivity index (χ1n) is 9.16. The summed E-state index contributed by atoms with van der Waals surface area (Å²) >= 11 is 3.25. The second kappa shape index (κ2) is 8.83. The van der Waals surface area contributed by atoms with Crippen molar-refractivity contribution < 1.29 is 22.2 Å². The molecule has 3 rings (SSSR count). The zero-order chi connectivity index (χ0) is 22.1. The van der Waals surface area contributed by atoms with Crippen LogP contribution in [0.25, 0.3) is 0 Å². The van der Waals surface area contributed by atoms with Gasteiger partial charge in [0, 0.05) is 32.3 Å². The van der Waals surface area contributed by atoms with Gasteiger partial charge in [-0.1, -0.05) is 36.4 Å². The highest BCUT2D eigenvalue weighted by atomic mass is 79.9. The number of nitrogens with zero attached hydrogens (tertiary/aromatic N) is 3. The smallest absolute Gasteiger partial charge is 0.276 e. The number of carbonyl (C=O) groups is 2. The minimum atomic E-state index is -4.24. The number of rotatable bonds is 6. The molecule has 0 saturated carbocycles. The van der Waals surface area contributed by atoms with Crippen LogP contribution in [0, 0.1) is 0 Å². The third-order valence-corrected chi connectivity index (χ3v) is 7.58. The molecular formula is C20H22BrN3O5S. The van der Waals surface area contributed by atoms with E-state index in [1.807, 2.05) is 30.3 Å². The van der Waals surface area contributed by atoms with E-state index in [0.29, 0.717) is 6.42 Å². The van der Waals surface area contributed by atoms with Gasteiger partial charge >= 0.3 is 0 Å². The van der Waals surface area contributed by atoms with Gasteiger partial charge in [0.1, 0.15) is 21.9 Å². The molecule has 1 aliphatic rings. The van der Waals surface area contributed by atoms with Crippen LogP contribution in [0.4, 0.5) is 0 Å². The zero-order valence-electron chi connectivity index (χ0n) is 16.7. The Kier molecular flexibility index (Phi) is 6.59. The molecule has 1 aromatic heterocycles. The highest BCUT2D eigenvalue weighted by molar-refractivity contribution is 9.10. The topological polar surface area (TPSA) is 96.9 Å². The number of benzene rings is 1. The SMILES string of the molecule is COS(=O)(=O)C(c1cccnc1Br)C1C(=O)N(C)C(Cc2ccccc2)C(=O)N1C. The number of carbonyl (C=O) groups excluding carboxylic acids is 2. The Morgan fingerprint density at radius 1 is 1.07 bits per heavy atom. The van der Waals surface area contributed by atoms with Crippen LogP contribution in [0.15, 0.2) is 53.3 Å². The molecule has 8 nitrogen and oxygen atoms in total. The summed E-state index contributed by atoms with van der Waals surface area (Å²) in [7, 11) is -0.245.